The van der Waals surface area contributed by atoms with Gasteiger partial charge in [-0.25, -0.2) is 4.98 Å². The van der Waals surface area contributed by atoms with Crippen LogP contribution in [0, 0.1) is 0 Å². The van der Waals surface area contributed by atoms with Gasteiger partial charge in [-0.3, -0.25) is 9.78 Å². The predicted molar refractivity (Wildman–Crippen MR) is 53.5 cm³/mol. The zero-order valence-electron chi connectivity index (χ0n) is 8.09. The maximum Gasteiger partial charge on any atom is 0.194 e. The number of hydrogen-bond acceptors (Lipinski definition) is 4. The molecule has 0 spiro atoms. The summed E-state index contributed by atoms with van der Waals surface area (Å²) in [6.07, 6.45) is 7.08. The fourth-order valence-corrected chi connectivity index (χ4v) is 1.29. The van der Waals surface area contributed by atoms with Crippen LogP contribution in [0.4, 0.5) is 0 Å². The molecule has 0 N–H and O–H groups in total. The number of carbonyl (C=O) groups is 1. The molecule has 2 rings (SSSR count). The number of aryl methyl sites for hydroxylation is 2. The van der Waals surface area contributed by atoms with Crippen LogP contribution in [-0.4, -0.2) is 16.3 Å². The topological polar surface area (TPSA) is 56.0 Å². The summed E-state index contributed by atoms with van der Waals surface area (Å²) in [5, 5.41) is 0. The second kappa shape index (κ2) is 4.50. The molecule has 0 radical (unpaired) electrons. The molecule has 4 heteroatoms. The van der Waals surface area contributed by atoms with Gasteiger partial charge in [-0.1, -0.05) is 6.07 Å². The second-order valence-corrected chi connectivity index (χ2v) is 3.15. The Morgan fingerprint density at radius 1 is 1.40 bits per heavy atom. The number of aromatic nitrogens is 2. The van der Waals surface area contributed by atoms with Gasteiger partial charge in [0.05, 0.1) is 0 Å². The van der Waals surface area contributed by atoms with Gasteiger partial charge in [0.1, 0.15) is 12.0 Å². The van der Waals surface area contributed by atoms with Crippen LogP contribution in [0.25, 0.3) is 0 Å². The van der Waals surface area contributed by atoms with Crippen LogP contribution < -0.4 is 0 Å². The van der Waals surface area contributed by atoms with Crippen LogP contribution in [0.5, 0.6) is 0 Å². The normalized spacial score (nSPS) is 10.1. The van der Waals surface area contributed by atoms with E-state index in [2.05, 4.69) is 9.97 Å². The van der Waals surface area contributed by atoms with E-state index in [0.29, 0.717) is 24.3 Å². The number of hydrogen-bond donors (Lipinski definition) is 0. The van der Waals surface area contributed by atoms with Gasteiger partial charge >= 0.3 is 0 Å². The number of rotatable bonds is 4. The fourth-order valence-electron chi connectivity index (χ4n) is 1.29. The van der Waals surface area contributed by atoms with Crippen molar-refractivity contribution in [1.29, 1.82) is 0 Å². The Labute approximate surface area is 87.0 Å². The smallest absolute Gasteiger partial charge is 0.194 e. The largest absolute Gasteiger partial charge is 0.448 e. The molecule has 0 aromatic carbocycles. The van der Waals surface area contributed by atoms with E-state index in [4.69, 9.17) is 4.42 Å². The average molecular weight is 202 g/mol. The molecule has 0 saturated carbocycles. The third-order valence-electron chi connectivity index (χ3n) is 2.04. The van der Waals surface area contributed by atoms with Crippen molar-refractivity contribution in [2.24, 2.45) is 0 Å². The van der Waals surface area contributed by atoms with E-state index in [1.54, 1.807) is 6.20 Å². The van der Waals surface area contributed by atoms with Crippen molar-refractivity contribution in [3.05, 3.63) is 47.9 Å². The van der Waals surface area contributed by atoms with E-state index in [-0.39, 0.29) is 0 Å². The molecule has 0 saturated heterocycles. The minimum atomic E-state index is 0.344. The van der Waals surface area contributed by atoms with Crippen molar-refractivity contribution in [3.63, 3.8) is 0 Å². The van der Waals surface area contributed by atoms with Gasteiger partial charge in [-0.15, -0.1) is 0 Å². The average Bonchev–Trinajstić information content (AvgIpc) is 2.76. The van der Waals surface area contributed by atoms with Gasteiger partial charge in [0.2, 0.25) is 0 Å². The zero-order chi connectivity index (χ0) is 10.5. The first-order valence-corrected chi connectivity index (χ1v) is 4.67. The maximum absolute atomic E-state index is 10.4. The Hall–Kier alpha value is -1.97. The lowest BCUT2D eigenvalue weighted by Gasteiger charge is -1.96. The molecule has 0 aliphatic rings. The fraction of sp³-hybridized carbons (Fsp3) is 0.182. The number of pyridine rings is 1. The highest BCUT2D eigenvalue weighted by atomic mass is 16.3. The van der Waals surface area contributed by atoms with Crippen LogP contribution >= 0.6 is 0 Å². The molecule has 15 heavy (non-hydrogen) atoms. The van der Waals surface area contributed by atoms with E-state index in [1.165, 1.54) is 6.26 Å². The second-order valence-electron chi connectivity index (χ2n) is 3.15. The molecule has 0 amide bonds. The summed E-state index contributed by atoms with van der Waals surface area (Å²) in [5.74, 6) is 0.584. The van der Waals surface area contributed by atoms with Crippen molar-refractivity contribution in [1.82, 2.24) is 9.97 Å². The first-order valence-electron chi connectivity index (χ1n) is 4.67. The lowest BCUT2D eigenvalue weighted by Crippen LogP contribution is -1.92. The van der Waals surface area contributed by atoms with Gasteiger partial charge in [0, 0.05) is 18.8 Å². The van der Waals surface area contributed by atoms with E-state index in [0.717, 1.165) is 12.0 Å². The minimum absolute atomic E-state index is 0.344. The standard InChI is InChI=1S/C11H10N2O2/c14-7-10-8-15-11(13-10)4-3-9-2-1-5-12-6-9/h1-2,5-8H,3-4H2. The maximum atomic E-state index is 10.4. The van der Waals surface area contributed by atoms with Crippen molar-refractivity contribution in [2.45, 2.75) is 12.8 Å². The molecule has 0 unspecified atom stereocenters. The number of aldehydes is 1. The van der Waals surface area contributed by atoms with Gasteiger partial charge in [-0.05, 0) is 18.1 Å². The monoisotopic (exact) mass is 202 g/mol. The first kappa shape index (κ1) is 9.58. The summed E-state index contributed by atoms with van der Waals surface area (Å²) in [6, 6.07) is 3.89. The molecular formula is C11H10N2O2. The third-order valence-corrected chi connectivity index (χ3v) is 2.04. The lowest BCUT2D eigenvalue weighted by molar-refractivity contribution is 0.111. The molecule has 0 fully saturated rings. The molecule has 0 aliphatic carbocycles. The van der Waals surface area contributed by atoms with Gasteiger partial charge in [0.15, 0.2) is 12.2 Å². The summed E-state index contributed by atoms with van der Waals surface area (Å²) >= 11 is 0. The SMILES string of the molecule is O=Cc1coc(CCc2cccnc2)n1. The van der Waals surface area contributed by atoms with Crippen molar-refractivity contribution in [3.8, 4) is 0 Å². The van der Waals surface area contributed by atoms with Crippen molar-refractivity contribution < 1.29 is 9.21 Å². The Balaban J connectivity index is 1.96. The molecule has 4 nitrogen and oxygen atoms in total. The van der Waals surface area contributed by atoms with Crippen LogP contribution in [0.1, 0.15) is 21.9 Å². The summed E-state index contributed by atoms with van der Waals surface area (Å²) in [4.78, 5) is 18.4. The number of oxazole rings is 1. The molecule has 2 aromatic rings. The van der Waals surface area contributed by atoms with Crippen LogP contribution in [0.3, 0.4) is 0 Å². The Morgan fingerprint density at radius 3 is 3.00 bits per heavy atom. The minimum Gasteiger partial charge on any atom is -0.448 e. The Kier molecular flexibility index (Phi) is 2.88. The van der Waals surface area contributed by atoms with Gasteiger partial charge < -0.3 is 4.42 Å². The van der Waals surface area contributed by atoms with Crippen molar-refractivity contribution >= 4 is 6.29 Å². The summed E-state index contributed by atoms with van der Waals surface area (Å²) in [7, 11) is 0. The first-order chi connectivity index (χ1) is 7.38. The molecule has 76 valence electrons. The number of nitrogens with zero attached hydrogens (tertiary/aromatic N) is 2. The van der Waals surface area contributed by atoms with Gasteiger partial charge in [-0.2, -0.15) is 0 Å². The molecule has 0 aliphatic heterocycles. The Bertz CT molecular complexity index is 437. The lowest BCUT2D eigenvalue weighted by atomic mass is 10.1. The third kappa shape index (κ3) is 2.49. The van der Waals surface area contributed by atoms with Gasteiger partial charge in [0.25, 0.3) is 0 Å². The van der Waals surface area contributed by atoms with Crippen molar-refractivity contribution in [2.75, 3.05) is 0 Å². The molecule has 2 aromatic heterocycles. The quantitative estimate of drug-likeness (QED) is 0.707. The highest BCUT2D eigenvalue weighted by Gasteiger charge is 2.03. The molecular weight excluding hydrogens is 192 g/mol. The summed E-state index contributed by atoms with van der Waals surface area (Å²) in [5.41, 5.74) is 1.47. The highest BCUT2D eigenvalue weighted by Crippen LogP contribution is 2.05. The Morgan fingerprint density at radius 2 is 2.33 bits per heavy atom. The predicted octanol–water partition coefficient (Wildman–Crippen LogP) is 1.67. The van der Waals surface area contributed by atoms with E-state index < -0.39 is 0 Å². The molecule has 0 bridgehead atoms. The summed E-state index contributed by atoms with van der Waals surface area (Å²) < 4.78 is 5.11. The van der Waals surface area contributed by atoms with Crippen LogP contribution in [-0.2, 0) is 12.8 Å². The van der Waals surface area contributed by atoms with E-state index in [1.807, 2.05) is 18.3 Å². The molecule has 0 atom stereocenters. The van der Waals surface area contributed by atoms with E-state index >= 15 is 0 Å². The number of carbonyl (C=O) groups excluding carboxylic acids is 1. The highest BCUT2D eigenvalue weighted by molar-refractivity contribution is 5.70. The molecule has 2 heterocycles. The van der Waals surface area contributed by atoms with Crippen LogP contribution in [0.2, 0.25) is 0 Å². The van der Waals surface area contributed by atoms with E-state index in [9.17, 15) is 4.79 Å². The van der Waals surface area contributed by atoms with Crippen LogP contribution in [0.15, 0.2) is 35.2 Å². The summed E-state index contributed by atoms with van der Waals surface area (Å²) in [6.45, 7) is 0. The zero-order valence-corrected chi connectivity index (χ0v) is 8.09.